The molecule has 16 heavy (non-hydrogen) atoms. The molecule has 1 aromatic heterocycles. The van der Waals surface area contributed by atoms with Crippen molar-refractivity contribution in [2.24, 2.45) is 5.73 Å². The number of nitrogens with two attached hydrogens (primary N) is 1. The number of hydrogen-bond donors (Lipinski definition) is 2. The van der Waals surface area contributed by atoms with E-state index in [1.165, 1.54) is 6.20 Å². The first kappa shape index (κ1) is 10.0. The zero-order valence-electron chi connectivity index (χ0n) is 8.18. The second-order valence-electron chi connectivity index (χ2n) is 3.11. The Hall–Kier alpha value is -2.50. The van der Waals surface area contributed by atoms with Gasteiger partial charge in [-0.05, 0) is 12.1 Å². The molecule has 0 fully saturated rings. The van der Waals surface area contributed by atoms with Gasteiger partial charge in [0, 0.05) is 11.1 Å². The van der Waals surface area contributed by atoms with Crippen LogP contribution in [-0.4, -0.2) is 21.1 Å². The molecule has 0 saturated heterocycles. The Balaban J connectivity index is 2.38. The van der Waals surface area contributed by atoms with Gasteiger partial charge >= 0.3 is 5.69 Å². The van der Waals surface area contributed by atoms with E-state index in [1.807, 2.05) is 0 Å². The van der Waals surface area contributed by atoms with Crippen molar-refractivity contribution in [3.63, 3.8) is 0 Å². The van der Waals surface area contributed by atoms with Gasteiger partial charge in [0.05, 0.1) is 6.20 Å². The van der Waals surface area contributed by atoms with Crippen LogP contribution in [0.1, 0.15) is 10.4 Å². The summed E-state index contributed by atoms with van der Waals surface area (Å²) in [7, 11) is 0. The highest BCUT2D eigenvalue weighted by atomic mass is 16.1. The number of amides is 1. The molecular formula is C10H8N4O2. The first-order valence-electron chi connectivity index (χ1n) is 4.49. The van der Waals surface area contributed by atoms with Crippen molar-refractivity contribution in [1.29, 1.82) is 0 Å². The minimum Gasteiger partial charge on any atom is -0.366 e. The summed E-state index contributed by atoms with van der Waals surface area (Å²) in [5.41, 5.74) is 6.29. The molecular weight excluding hydrogens is 208 g/mol. The summed E-state index contributed by atoms with van der Waals surface area (Å²) >= 11 is 0. The van der Waals surface area contributed by atoms with Crippen LogP contribution < -0.4 is 11.4 Å². The fraction of sp³-hybridized carbons (Fsp3) is 0. The van der Waals surface area contributed by atoms with Crippen molar-refractivity contribution in [1.82, 2.24) is 15.2 Å². The van der Waals surface area contributed by atoms with Crippen molar-refractivity contribution < 1.29 is 4.79 Å². The van der Waals surface area contributed by atoms with Gasteiger partial charge in [0.25, 0.3) is 0 Å². The van der Waals surface area contributed by atoms with Gasteiger partial charge in [-0.1, -0.05) is 12.1 Å². The molecule has 0 aliphatic rings. The van der Waals surface area contributed by atoms with Crippen LogP contribution in [0, 0.1) is 0 Å². The Bertz CT molecular complexity index is 554. The SMILES string of the molecule is NC(=O)c1ccc(-c2cnc(=O)[nH]n2)cc1. The Morgan fingerprint density at radius 1 is 1.25 bits per heavy atom. The average Bonchev–Trinajstić information content (AvgIpc) is 2.30. The highest BCUT2D eigenvalue weighted by Crippen LogP contribution is 2.14. The molecule has 1 heterocycles. The van der Waals surface area contributed by atoms with Crippen LogP contribution in [0.15, 0.2) is 35.3 Å². The molecule has 1 amide bonds. The van der Waals surface area contributed by atoms with Crippen LogP contribution in [-0.2, 0) is 0 Å². The third-order valence-electron chi connectivity index (χ3n) is 2.04. The molecule has 6 nitrogen and oxygen atoms in total. The predicted molar refractivity (Wildman–Crippen MR) is 56.6 cm³/mol. The molecule has 0 spiro atoms. The summed E-state index contributed by atoms with van der Waals surface area (Å²) < 4.78 is 0. The Labute approximate surface area is 90.1 Å². The zero-order valence-corrected chi connectivity index (χ0v) is 8.18. The lowest BCUT2D eigenvalue weighted by molar-refractivity contribution is 0.100. The highest BCUT2D eigenvalue weighted by Gasteiger charge is 2.02. The fourth-order valence-electron chi connectivity index (χ4n) is 1.23. The van der Waals surface area contributed by atoms with Gasteiger partial charge in [0.15, 0.2) is 0 Å². The molecule has 0 saturated carbocycles. The van der Waals surface area contributed by atoms with Gasteiger partial charge in [-0.2, -0.15) is 10.1 Å². The molecule has 2 aromatic rings. The van der Waals surface area contributed by atoms with E-state index in [4.69, 9.17) is 5.73 Å². The van der Waals surface area contributed by atoms with Crippen LogP contribution >= 0.6 is 0 Å². The van der Waals surface area contributed by atoms with Gasteiger partial charge in [-0.3, -0.25) is 4.79 Å². The number of nitrogens with zero attached hydrogens (tertiary/aromatic N) is 2. The van der Waals surface area contributed by atoms with Crippen molar-refractivity contribution >= 4 is 5.91 Å². The molecule has 0 bridgehead atoms. The molecule has 3 N–H and O–H groups in total. The normalized spacial score (nSPS) is 10.0. The maximum atomic E-state index is 10.8. The van der Waals surface area contributed by atoms with Gasteiger partial charge in [-0.15, -0.1) is 0 Å². The van der Waals surface area contributed by atoms with Crippen LogP contribution in [0.3, 0.4) is 0 Å². The smallest absolute Gasteiger partial charge is 0.361 e. The number of aromatic nitrogens is 3. The predicted octanol–water partition coefficient (Wildman–Crippen LogP) is -0.0692. The van der Waals surface area contributed by atoms with E-state index in [9.17, 15) is 9.59 Å². The van der Waals surface area contributed by atoms with Gasteiger partial charge in [0.2, 0.25) is 5.91 Å². The topological polar surface area (TPSA) is 102 Å². The first-order valence-corrected chi connectivity index (χ1v) is 4.49. The zero-order chi connectivity index (χ0) is 11.5. The summed E-state index contributed by atoms with van der Waals surface area (Å²) in [6.07, 6.45) is 1.36. The maximum Gasteiger partial charge on any atom is 0.361 e. The van der Waals surface area contributed by atoms with Gasteiger partial charge in [-0.25, -0.2) is 9.89 Å². The summed E-state index contributed by atoms with van der Waals surface area (Å²) in [5.74, 6) is -0.487. The molecule has 0 aliphatic carbocycles. The number of carbonyl (C=O) groups is 1. The lowest BCUT2D eigenvalue weighted by Crippen LogP contribution is -2.12. The third-order valence-corrected chi connectivity index (χ3v) is 2.04. The second-order valence-corrected chi connectivity index (χ2v) is 3.11. The van der Waals surface area contributed by atoms with Crippen LogP contribution in [0.4, 0.5) is 0 Å². The van der Waals surface area contributed by atoms with Gasteiger partial charge < -0.3 is 5.73 Å². The Morgan fingerprint density at radius 3 is 2.44 bits per heavy atom. The fourth-order valence-corrected chi connectivity index (χ4v) is 1.23. The van der Waals surface area contributed by atoms with E-state index in [0.29, 0.717) is 11.3 Å². The van der Waals surface area contributed by atoms with E-state index in [2.05, 4.69) is 15.2 Å². The van der Waals surface area contributed by atoms with Crippen LogP contribution in [0.2, 0.25) is 0 Å². The van der Waals surface area contributed by atoms with E-state index in [-0.39, 0.29) is 0 Å². The third kappa shape index (κ3) is 1.95. The Kier molecular flexibility index (Phi) is 2.47. The average molecular weight is 216 g/mol. The molecule has 0 aliphatic heterocycles. The quantitative estimate of drug-likeness (QED) is 0.733. The van der Waals surface area contributed by atoms with Gasteiger partial charge in [0.1, 0.15) is 5.69 Å². The number of aromatic amines is 1. The molecule has 0 unspecified atom stereocenters. The van der Waals surface area contributed by atoms with E-state index in [1.54, 1.807) is 24.3 Å². The summed E-state index contributed by atoms with van der Waals surface area (Å²) in [5, 5.41) is 6.03. The number of rotatable bonds is 2. The van der Waals surface area contributed by atoms with Crippen LogP contribution in [0.25, 0.3) is 11.3 Å². The van der Waals surface area contributed by atoms with Crippen molar-refractivity contribution in [2.45, 2.75) is 0 Å². The molecule has 6 heteroatoms. The lowest BCUT2D eigenvalue weighted by Gasteiger charge is -1.99. The standard InChI is InChI=1S/C10H8N4O2/c11-9(15)7-3-1-6(2-4-7)8-5-12-10(16)14-13-8/h1-5H,(H2,11,15)(H,12,14,16). The number of H-pyrrole nitrogens is 1. The largest absolute Gasteiger partial charge is 0.366 e. The van der Waals surface area contributed by atoms with Crippen molar-refractivity contribution in [2.75, 3.05) is 0 Å². The van der Waals surface area contributed by atoms with E-state index in [0.717, 1.165) is 5.56 Å². The summed E-state index contributed by atoms with van der Waals surface area (Å²) in [6, 6.07) is 6.54. The van der Waals surface area contributed by atoms with Crippen LogP contribution in [0.5, 0.6) is 0 Å². The molecule has 2 rings (SSSR count). The van der Waals surface area contributed by atoms with E-state index < -0.39 is 11.6 Å². The summed E-state index contributed by atoms with van der Waals surface area (Å²) in [4.78, 5) is 25.1. The first-order chi connectivity index (χ1) is 7.66. The molecule has 0 atom stereocenters. The minimum absolute atomic E-state index is 0.418. The highest BCUT2D eigenvalue weighted by molar-refractivity contribution is 5.93. The number of benzene rings is 1. The van der Waals surface area contributed by atoms with E-state index >= 15 is 0 Å². The molecule has 0 radical (unpaired) electrons. The molecule has 80 valence electrons. The molecule has 1 aromatic carbocycles. The Morgan fingerprint density at radius 2 is 1.94 bits per heavy atom. The van der Waals surface area contributed by atoms with Crippen molar-refractivity contribution in [3.05, 3.63) is 46.5 Å². The maximum absolute atomic E-state index is 10.8. The number of nitrogens with one attached hydrogen (secondary N) is 1. The number of primary amides is 1. The second kappa shape index (κ2) is 3.93. The number of carbonyl (C=O) groups excluding carboxylic acids is 1. The minimum atomic E-state index is -0.502. The summed E-state index contributed by atoms with van der Waals surface area (Å²) in [6.45, 7) is 0. The lowest BCUT2D eigenvalue weighted by atomic mass is 10.1. The van der Waals surface area contributed by atoms with Crippen molar-refractivity contribution in [3.8, 4) is 11.3 Å². The number of hydrogen-bond acceptors (Lipinski definition) is 4. The monoisotopic (exact) mass is 216 g/mol.